The van der Waals surface area contributed by atoms with Gasteiger partial charge in [-0.1, -0.05) is 12.1 Å². The molecule has 2 aromatic rings. The highest BCUT2D eigenvalue weighted by Gasteiger charge is 2.42. The summed E-state index contributed by atoms with van der Waals surface area (Å²) in [5.41, 5.74) is 1.46. The summed E-state index contributed by atoms with van der Waals surface area (Å²) in [6.07, 6.45) is 0.780. The van der Waals surface area contributed by atoms with Gasteiger partial charge in [-0.05, 0) is 48.9 Å². The second kappa shape index (κ2) is 8.73. The van der Waals surface area contributed by atoms with Crippen molar-refractivity contribution in [3.05, 3.63) is 54.1 Å². The monoisotopic (exact) mass is 418 g/mol. The van der Waals surface area contributed by atoms with Gasteiger partial charge < -0.3 is 10.1 Å². The van der Waals surface area contributed by atoms with Crippen LogP contribution in [0.3, 0.4) is 0 Å². The molecule has 1 aliphatic rings. The molecule has 1 saturated heterocycles. The van der Waals surface area contributed by atoms with Crippen molar-refractivity contribution < 1.29 is 28.1 Å². The number of quaternary nitrogens is 1. The summed E-state index contributed by atoms with van der Waals surface area (Å²) in [5.74, 6) is 0.230. The van der Waals surface area contributed by atoms with Crippen molar-refractivity contribution in [1.29, 1.82) is 0 Å². The fourth-order valence-corrected chi connectivity index (χ4v) is 3.78. The van der Waals surface area contributed by atoms with Gasteiger partial charge in [-0.15, -0.1) is 0 Å². The van der Waals surface area contributed by atoms with Crippen LogP contribution in [0.2, 0.25) is 0 Å². The highest BCUT2D eigenvalue weighted by atomic mass is 32.2. The van der Waals surface area contributed by atoms with Crippen molar-refractivity contribution in [2.45, 2.75) is 30.7 Å². The van der Waals surface area contributed by atoms with Crippen molar-refractivity contribution in [1.82, 2.24) is 0 Å². The molecule has 8 nitrogen and oxygen atoms in total. The third kappa shape index (κ3) is 5.00. The van der Waals surface area contributed by atoms with E-state index in [1.807, 2.05) is 12.2 Å². The maximum Gasteiger partial charge on any atom is 0.292 e. The molecule has 0 spiro atoms. The number of benzene rings is 2. The summed E-state index contributed by atoms with van der Waals surface area (Å²) >= 11 is 0. The van der Waals surface area contributed by atoms with E-state index in [1.54, 1.807) is 36.4 Å². The number of carbonyl (C=O) groups is 2. The molecule has 0 saturated carbocycles. The Morgan fingerprint density at radius 1 is 1.10 bits per heavy atom. The zero-order valence-electron chi connectivity index (χ0n) is 16.1. The van der Waals surface area contributed by atoms with Crippen molar-refractivity contribution in [2.75, 3.05) is 18.1 Å². The van der Waals surface area contributed by atoms with E-state index in [2.05, 4.69) is 0 Å². The van der Waals surface area contributed by atoms with E-state index in [9.17, 15) is 18.0 Å². The lowest BCUT2D eigenvalue weighted by Crippen LogP contribution is -2.92. The topological polar surface area (TPSA) is 123 Å². The lowest BCUT2D eigenvalue weighted by molar-refractivity contribution is -0.674. The smallest absolute Gasteiger partial charge is 0.292 e. The SMILES string of the molecule is CCOc1ccc(N2C(=O)C[C@H]([NH2+]CCc3ccc(S(N)(=O)=O)cc3)C2=O)cc1. The van der Waals surface area contributed by atoms with E-state index >= 15 is 0 Å². The minimum absolute atomic E-state index is 0.0628. The van der Waals surface area contributed by atoms with Gasteiger partial charge in [-0.25, -0.2) is 18.5 Å². The molecule has 9 heteroatoms. The molecule has 4 N–H and O–H groups in total. The lowest BCUT2D eigenvalue weighted by Gasteiger charge is -2.15. The molecule has 0 aromatic heterocycles. The number of nitrogens with zero attached hydrogens (tertiary/aromatic N) is 1. The largest absolute Gasteiger partial charge is 0.494 e. The van der Waals surface area contributed by atoms with Gasteiger partial charge in [0.2, 0.25) is 15.9 Å². The molecular formula is C20H24N3O5S+. The summed E-state index contributed by atoms with van der Waals surface area (Å²) in [7, 11) is -3.71. The molecule has 29 heavy (non-hydrogen) atoms. The van der Waals surface area contributed by atoms with Gasteiger partial charge >= 0.3 is 0 Å². The molecular weight excluding hydrogens is 394 g/mol. The van der Waals surface area contributed by atoms with E-state index < -0.39 is 16.1 Å². The number of rotatable bonds is 8. The van der Waals surface area contributed by atoms with Gasteiger partial charge in [0.15, 0.2) is 6.04 Å². The quantitative estimate of drug-likeness (QED) is 0.592. The van der Waals surface area contributed by atoms with Gasteiger partial charge in [-0.3, -0.25) is 9.59 Å². The van der Waals surface area contributed by atoms with Crippen LogP contribution in [0.1, 0.15) is 18.9 Å². The first-order chi connectivity index (χ1) is 13.8. The second-order valence-corrected chi connectivity index (χ2v) is 8.33. The van der Waals surface area contributed by atoms with Crippen molar-refractivity contribution in [3.8, 4) is 5.75 Å². The van der Waals surface area contributed by atoms with Crippen molar-refractivity contribution in [2.24, 2.45) is 5.14 Å². The summed E-state index contributed by atoms with van der Waals surface area (Å²) in [6.45, 7) is 3.02. The molecule has 1 aliphatic heterocycles. The molecule has 1 fully saturated rings. The van der Waals surface area contributed by atoms with E-state index in [0.717, 1.165) is 5.56 Å². The van der Waals surface area contributed by atoms with Gasteiger partial charge in [0.25, 0.3) is 5.91 Å². The second-order valence-electron chi connectivity index (χ2n) is 6.77. The Kier molecular flexibility index (Phi) is 6.31. The molecule has 0 aliphatic carbocycles. The number of hydrogen-bond acceptors (Lipinski definition) is 5. The first-order valence-corrected chi connectivity index (χ1v) is 10.9. The lowest BCUT2D eigenvalue weighted by atomic mass is 10.1. The number of anilines is 1. The molecule has 1 heterocycles. The molecule has 0 unspecified atom stereocenters. The molecule has 1 atom stereocenters. The standard InChI is InChI=1S/C20H23N3O5S/c1-2-28-16-7-5-15(6-8-16)23-19(24)13-18(20(23)25)22-12-11-14-3-9-17(10-4-14)29(21,26)27/h3-10,18,22H,2,11-13H2,1H3,(H2,21,26,27)/p+1/t18-/m0/s1. The van der Waals surface area contributed by atoms with Crippen LogP contribution in [-0.4, -0.2) is 39.4 Å². The van der Waals surface area contributed by atoms with Crippen LogP contribution in [-0.2, 0) is 26.0 Å². The van der Waals surface area contributed by atoms with Crippen LogP contribution >= 0.6 is 0 Å². The number of amides is 2. The summed E-state index contributed by atoms with van der Waals surface area (Å²) < 4.78 is 28.0. The number of ether oxygens (including phenoxy) is 1. The Morgan fingerprint density at radius 2 is 1.76 bits per heavy atom. The predicted octanol–water partition coefficient (Wildman–Crippen LogP) is 0.171. The molecule has 0 bridgehead atoms. The Morgan fingerprint density at radius 3 is 2.34 bits per heavy atom. The van der Waals surface area contributed by atoms with E-state index in [4.69, 9.17) is 9.88 Å². The highest BCUT2D eigenvalue weighted by molar-refractivity contribution is 7.89. The van der Waals surface area contributed by atoms with Crippen LogP contribution in [0, 0.1) is 0 Å². The average Bonchev–Trinajstić information content (AvgIpc) is 2.96. The zero-order chi connectivity index (χ0) is 21.0. The maximum atomic E-state index is 12.7. The van der Waals surface area contributed by atoms with Gasteiger partial charge in [0.1, 0.15) is 5.75 Å². The molecule has 0 radical (unpaired) electrons. The van der Waals surface area contributed by atoms with Gasteiger partial charge in [0.05, 0.1) is 30.2 Å². The van der Waals surface area contributed by atoms with Crippen LogP contribution in [0.4, 0.5) is 5.69 Å². The molecule has 3 rings (SSSR count). The van der Waals surface area contributed by atoms with Gasteiger partial charge in [-0.2, -0.15) is 0 Å². The highest BCUT2D eigenvalue weighted by Crippen LogP contribution is 2.24. The first-order valence-electron chi connectivity index (χ1n) is 9.34. The van der Waals surface area contributed by atoms with Crippen LogP contribution in [0.5, 0.6) is 5.75 Å². The number of imide groups is 1. The Bertz CT molecular complexity index is 988. The fourth-order valence-electron chi connectivity index (χ4n) is 3.27. The number of carbonyl (C=O) groups excluding carboxylic acids is 2. The minimum atomic E-state index is -3.71. The summed E-state index contributed by atoms with van der Waals surface area (Å²) in [4.78, 5) is 26.3. The van der Waals surface area contributed by atoms with Crippen LogP contribution < -0.4 is 20.1 Å². The Hall–Kier alpha value is -2.75. The number of primary sulfonamides is 1. The van der Waals surface area contributed by atoms with E-state index in [0.29, 0.717) is 31.0 Å². The van der Waals surface area contributed by atoms with Crippen LogP contribution in [0.25, 0.3) is 0 Å². The number of nitrogens with two attached hydrogens (primary N) is 2. The Balaban J connectivity index is 1.57. The van der Waals surface area contributed by atoms with E-state index in [-0.39, 0.29) is 23.1 Å². The number of hydrogen-bond donors (Lipinski definition) is 2. The molecule has 154 valence electrons. The summed E-state index contributed by atoms with van der Waals surface area (Å²) in [5, 5.41) is 6.94. The predicted molar refractivity (Wildman–Crippen MR) is 107 cm³/mol. The Labute approximate surface area is 169 Å². The first kappa shape index (κ1) is 21.0. The number of sulfonamides is 1. The summed E-state index contributed by atoms with van der Waals surface area (Å²) in [6, 6.07) is 12.7. The zero-order valence-corrected chi connectivity index (χ0v) is 16.9. The third-order valence-corrected chi connectivity index (χ3v) is 5.65. The van der Waals surface area contributed by atoms with Crippen molar-refractivity contribution >= 4 is 27.5 Å². The maximum absolute atomic E-state index is 12.7. The molecule has 2 aromatic carbocycles. The van der Waals surface area contributed by atoms with Gasteiger partial charge in [0, 0.05) is 6.42 Å². The van der Waals surface area contributed by atoms with Crippen molar-refractivity contribution in [3.63, 3.8) is 0 Å². The third-order valence-electron chi connectivity index (χ3n) is 4.72. The minimum Gasteiger partial charge on any atom is -0.494 e. The van der Waals surface area contributed by atoms with E-state index in [1.165, 1.54) is 17.0 Å². The average molecular weight is 418 g/mol. The fraction of sp³-hybridized carbons (Fsp3) is 0.300. The normalized spacial score (nSPS) is 17.0. The molecule has 2 amide bonds. The van der Waals surface area contributed by atoms with Crippen LogP contribution in [0.15, 0.2) is 53.4 Å².